The molecule has 5 unspecified atom stereocenters. The Labute approximate surface area is 204 Å². The van der Waals surface area contributed by atoms with Gasteiger partial charge in [0.1, 0.15) is 18.3 Å². The Morgan fingerprint density at radius 3 is 1.75 bits per heavy atom. The fourth-order valence-corrected chi connectivity index (χ4v) is 3.24. The summed E-state index contributed by atoms with van der Waals surface area (Å²) in [7, 11) is 0. The third kappa shape index (κ3) is 6.52. The zero-order chi connectivity index (χ0) is 26.4. The Morgan fingerprint density at radius 2 is 1.28 bits per heavy atom. The number of rotatable bonds is 7. The summed E-state index contributed by atoms with van der Waals surface area (Å²) in [5.74, 6) is -3.46. The molecule has 0 radical (unpaired) electrons. The summed E-state index contributed by atoms with van der Waals surface area (Å²) in [6.45, 7) is -0.756. The van der Waals surface area contributed by atoms with Crippen molar-refractivity contribution in [2.24, 2.45) is 0 Å². The number of aliphatic hydroxyl groups excluding tert-OH is 3. The number of ether oxygens (including phenoxy) is 3. The molecule has 1 aliphatic rings. The summed E-state index contributed by atoms with van der Waals surface area (Å²) in [6, 6.07) is 7.62. The highest BCUT2D eigenvalue weighted by molar-refractivity contribution is 5.88. The number of benzene rings is 2. The van der Waals surface area contributed by atoms with Gasteiger partial charge in [-0.2, -0.15) is 0 Å². The van der Waals surface area contributed by atoms with Crippen molar-refractivity contribution in [3.8, 4) is 23.0 Å². The SMILES string of the molecule is O=C(C=Cc1ccc(O)c(O)c1)OC1OC(CO)C(OC(=O)C=Cc2ccc(O)c(O)c2)C(O)C1O. The molecule has 2 aromatic carbocycles. The summed E-state index contributed by atoms with van der Waals surface area (Å²) < 4.78 is 15.4. The van der Waals surface area contributed by atoms with E-state index >= 15 is 0 Å². The largest absolute Gasteiger partial charge is 0.504 e. The fourth-order valence-electron chi connectivity index (χ4n) is 3.24. The zero-order valence-corrected chi connectivity index (χ0v) is 18.5. The van der Waals surface area contributed by atoms with Crippen LogP contribution >= 0.6 is 0 Å². The first kappa shape index (κ1) is 26.5. The standard InChI is InChI=1S/C24H24O12/c25-11-18-23(35-19(30)7-3-12-1-5-14(26)16(28)9-12)21(32)22(33)24(34-18)36-20(31)8-4-13-2-6-15(27)17(29)10-13/h1-10,18,21-29,32-33H,11H2. The molecule has 1 aliphatic heterocycles. The smallest absolute Gasteiger partial charge is 0.333 e. The number of hydrogen-bond acceptors (Lipinski definition) is 12. The van der Waals surface area contributed by atoms with E-state index in [-0.39, 0.29) is 11.5 Å². The summed E-state index contributed by atoms with van der Waals surface area (Å²) in [6.07, 6.45) is -3.78. The molecule has 0 aliphatic carbocycles. The van der Waals surface area contributed by atoms with Gasteiger partial charge < -0.3 is 50.0 Å². The maximum Gasteiger partial charge on any atom is 0.333 e. The lowest BCUT2D eigenvalue weighted by Crippen LogP contribution is -2.60. The molecular formula is C24H24O12. The van der Waals surface area contributed by atoms with Gasteiger partial charge in [-0.05, 0) is 47.5 Å². The lowest BCUT2D eigenvalue weighted by Gasteiger charge is -2.40. The van der Waals surface area contributed by atoms with Crippen molar-refractivity contribution in [1.82, 2.24) is 0 Å². The third-order valence-corrected chi connectivity index (χ3v) is 5.13. The Hall–Kier alpha value is -4.10. The molecule has 1 fully saturated rings. The van der Waals surface area contributed by atoms with Crippen molar-refractivity contribution < 1.29 is 59.5 Å². The van der Waals surface area contributed by atoms with Crippen molar-refractivity contribution in [1.29, 1.82) is 0 Å². The quantitative estimate of drug-likeness (QED) is 0.153. The highest BCUT2D eigenvalue weighted by Crippen LogP contribution is 2.27. The van der Waals surface area contributed by atoms with E-state index in [2.05, 4.69) is 0 Å². The summed E-state index contributed by atoms with van der Waals surface area (Å²) in [4.78, 5) is 24.3. The summed E-state index contributed by atoms with van der Waals surface area (Å²) in [5, 5.41) is 68.0. The molecule has 0 spiro atoms. The van der Waals surface area contributed by atoms with Crippen LogP contribution in [0.25, 0.3) is 12.2 Å². The van der Waals surface area contributed by atoms with Crippen LogP contribution in [0.4, 0.5) is 0 Å². The monoisotopic (exact) mass is 504 g/mol. The molecule has 0 bridgehead atoms. The van der Waals surface area contributed by atoms with Crippen LogP contribution in [0, 0.1) is 0 Å². The van der Waals surface area contributed by atoms with Crippen LogP contribution in [0.3, 0.4) is 0 Å². The van der Waals surface area contributed by atoms with Crippen LogP contribution in [-0.4, -0.2) is 85.0 Å². The van der Waals surface area contributed by atoms with E-state index in [4.69, 9.17) is 14.2 Å². The Bertz CT molecular complexity index is 1160. The van der Waals surface area contributed by atoms with E-state index < -0.39 is 60.8 Å². The molecular weight excluding hydrogens is 480 g/mol. The average molecular weight is 504 g/mol. The molecule has 0 aromatic heterocycles. The number of aliphatic hydroxyl groups is 3. The van der Waals surface area contributed by atoms with E-state index in [0.717, 1.165) is 12.2 Å². The first-order valence-corrected chi connectivity index (χ1v) is 10.5. The van der Waals surface area contributed by atoms with Crippen LogP contribution in [0.15, 0.2) is 48.6 Å². The van der Waals surface area contributed by atoms with Crippen LogP contribution in [0.1, 0.15) is 11.1 Å². The second kappa shape index (κ2) is 11.6. The van der Waals surface area contributed by atoms with Gasteiger partial charge in [-0.25, -0.2) is 9.59 Å². The molecule has 192 valence electrons. The van der Waals surface area contributed by atoms with E-state index in [9.17, 15) is 45.3 Å². The molecule has 12 heteroatoms. The van der Waals surface area contributed by atoms with Crippen molar-refractivity contribution in [3.05, 3.63) is 59.7 Å². The second-order valence-corrected chi connectivity index (χ2v) is 7.71. The van der Waals surface area contributed by atoms with Crippen molar-refractivity contribution >= 4 is 24.1 Å². The predicted molar refractivity (Wildman–Crippen MR) is 121 cm³/mol. The van der Waals surface area contributed by atoms with Crippen molar-refractivity contribution in [3.63, 3.8) is 0 Å². The molecule has 0 saturated carbocycles. The highest BCUT2D eigenvalue weighted by Gasteiger charge is 2.47. The van der Waals surface area contributed by atoms with Gasteiger partial charge in [0.15, 0.2) is 29.1 Å². The van der Waals surface area contributed by atoms with Gasteiger partial charge in [-0.3, -0.25) is 0 Å². The van der Waals surface area contributed by atoms with Gasteiger partial charge in [0.25, 0.3) is 0 Å². The van der Waals surface area contributed by atoms with Crippen LogP contribution in [-0.2, 0) is 23.8 Å². The van der Waals surface area contributed by atoms with Gasteiger partial charge in [0.05, 0.1) is 6.61 Å². The average Bonchev–Trinajstić information content (AvgIpc) is 2.85. The van der Waals surface area contributed by atoms with E-state index in [1.54, 1.807) is 0 Å². The van der Waals surface area contributed by atoms with Gasteiger partial charge in [0.2, 0.25) is 6.29 Å². The number of phenolic OH excluding ortho intramolecular Hbond substituents is 4. The first-order chi connectivity index (χ1) is 17.1. The van der Waals surface area contributed by atoms with E-state index in [1.807, 2.05) is 0 Å². The molecule has 36 heavy (non-hydrogen) atoms. The number of carbonyl (C=O) groups is 2. The van der Waals surface area contributed by atoms with Gasteiger partial charge in [0, 0.05) is 12.2 Å². The fraction of sp³-hybridized carbons (Fsp3) is 0.250. The third-order valence-electron chi connectivity index (χ3n) is 5.13. The first-order valence-electron chi connectivity index (χ1n) is 10.5. The molecule has 1 heterocycles. The lowest BCUT2D eigenvalue weighted by atomic mass is 9.99. The molecule has 2 aromatic rings. The normalized spacial score (nSPS) is 24.1. The van der Waals surface area contributed by atoms with Gasteiger partial charge in [-0.15, -0.1) is 0 Å². The topological polar surface area (TPSA) is 203 Å². The van der Waals surface area contributed by atoms with Crippen molar-refractivity contribution in [2.75, 3.05) is 6.61 Å². The number of phenols is 4. The summed E-state index contributed by atoms with van der Waals surface area (Å²) >= 11 is 0. The highest BCUT2D eigenvalue weighted by atomic mass is 16.7. The molecule has 3 rings (SSSR count). The van der Waals surface area contributed by atoms with Crippen LogP contribution < -0.4 is 0 Å². The lowest BCUT2D eigenvalue weighted by molar-refractivity contribution is -0.293. The zero-order valence-electron chi connectivity index (χ0n) is 18.5. The summed E-state index contributed by atoms with van der Waals surface area (Å²) in [5.41, 5.74) is 0.701. The predicted octanol–water partition coefficient (Wildman–Crippen LogP) is 0.130. The minimum absolute atomic E-state index is 0.345. The molecule has 12 nitrogen and oxygen atoms in total. The van der Waals surface area contributed by atoms with Crippen LogP contribution in [0.5, 0.6) is 23.0 Å². The molecule has 5 atom stereocenters. The number of hydrogen-bond donors (Lipinski definition) is 7. The van der Waals surface area contributed by atoms with E-state index in [1.165, 1.54) is 48.6 Å². The van der Waals surface area contributed by atoms with E-state index in [0.29, 0.717) is 11.1 Å². The molecule has 7 N–H and O–H groups in total. The number of aromatic hydroxyl groups is 4. The minimum atomic E-state index is -1.83. The molecule has 0 amide bonds. The Balaban J connectivity index is 1.61. The van der Waals surface area contributed by atoms with Crippen molar-refractivity contribution in [2.45, 2.75) is 30.7 Å². The molecule has 1 saturated heterocycles. The number of esters is 2. The Morgan fingerprint density at radius 1 is 0.778 bits per heavy atom. The van der Waals surface area contributed by atoms with Crippen LogP contribution in [0.2, 0.25) is 0 Å². The van der Waals surface area contributed by atoms with Gasteiger partial charge in [-0.1, -0.05) is 12.1 Å². The minimum Gasteiger partial charge on any atom is -0.504 e. The van der Waals surface area contributed by atoms with Gasteiger partial charge >= 0.3 is 11.9 Å². The maximum absolute atomic E-state index is 12.2. The number of carbonyl (C=O) groups excluding carboxylic acids is 2. The maximum atomic E-state index is 12.2. The Kier molecular flexibility index (Phi) is 8.51. The second-order valence-electron chi connectivity index (χ2n) is 7.71.